The van der Waals surface area contributed by atoms with Gasteiger partial charge in [0.1, 0.15) is 17.3 Å². The van der Waals surface area contributed by atoms with Crippen LogP contribution in [-0.2, 0) is 36.1 Å². The Bertz CT molecular complexity index is 2660. The second-order valence-electron chi connectivity index (χ2n) is 13.9. The maximum Gasteiger partial charge on any atom is 0.347 e. The van der Waals surface area contributed by atoms with Crippen LogP contribution in [0, 0.1) is 17.2 Å². The van der Waals surface area contributed by atoms with Gasteiger partial charge in [-0.2, -0.15) is 0 Å². The van der Waals surface area contributed by atoms with Gasteiger partial charge in [0, 0.05) is 38.1 Å². The number of allylic oxidation sites excluding steroid dienone is 2. The fraction of sp³-hybridized carbons (Fsp3) is 0.316. The van der Waals surface area contributed by atoms with Gasteiger partial charge in [-0.25, -0.2) is 37.8 Å². The molecule has 54 heavy (non-hydrogen) atoms. The standard InChI is InChI=1S/C38H34ClFN6O8/c1-38-23(33(48)45(35(38)50)20-8-9-25(40)24(39)15-20)16-28-22(32(38)19-6-5-7-21(47)14-19)10-13-44-36(51)43(37(52)46(28)44)12-11-26-34(49)42(2)29-18-31(54-4)30(53-3)17-27(29)41-26/h5-10,14-15,17-18,23,28,32,47H,11-13,16H2,1-4H3/t23-,28+,32-,38+/m0/s1. The van der Waals surface area contributed by atoms with E-state index in [-0.39, 0.29) is 48.1 Å². The Morgan fingerprint density at radius 2 is 1.74 bits per heavy atom. The number of anilines is 1. The van der Waals surface area contributed by atoms with Gasteiger partial charge in [0.2, 0.25) is 11.8 Å². The Morgan fingerprint density at radius 3 is 2.44 bits per heavy atom. The molecule has 4 heterocycles. The zero-order valence-electron chi connectivity index (χ0n) is 29.6. The predicted octanol–water partition coefficient (Wildman–Crippen LogP) is 3.68. The van der Waals surface area contributed by atoms with Gasteiger partial charge in [0.15, 0.2) is 11.5 Å². The number of carbonyl (C=O) groups excluding carboxylic acids is 2. The zero-order valence-corrected chi connectivity index (χ0v) is 30.3. The van der Waals surface area contributed by atoms with Gasteiger partial charge in [-0.1, -0.05) is 29.8 Å². The topological polar surface area (TPSA) is 160 Å². The summed E-state index contributed by atoms with van der Waals surface area (Å²) in [6, 6.07) is 12.4. The van der Waals surface area contributed by atoms with Crippen LogP contribution in [-0.4, -0.2) is 54.6 Å². The Kier molecular flexibility index (Phi) is 8.17. The van der Waals surface area contributed by atoms with Crippen LogP contribution in [0.5, 0.6) is 17.2 Å². The van der Waals surface area contributed by atoms with Crippen LogP contribution in [0.15, 0.2) is 80.6 Å². The Hall–Kier alpha value is -5.96. The van der Waals surface area contributed by atoms with E-state index in [2.05, 4.69) is 4.98 Å². The lowest BCUT2D eigenvalue weighted by molar-refractivity contribution is -0.129. The lowest BCUT2D eigenvalue weighted by Gasteiger charge is -2.47. The quantitative estimate of drug-likeness (QED) is 0.193. The summed E-state index contributed by atoms with van der Waals surface area (Å²) < 4.78 is 30.0. The number of aromatic nitrogens is 5. The zero-order chi connectivity index (χ0) is 38.4. The summed E-state index contributed by atoms with van der Waals surface area (Å²) >= 11 is 6.07. The second kappa shape index (κ2) is 12.6. The number of ether oxygens (including phenoxy) is 2. The van der Waals surface area contributed by atoms with Gasteiger partial charge in [-0.3, -0.25) is 14.4 Å². The van der Waals surface area contributed by atoms with Crippen LogP contribution in [0.25, 0.3) is 11.0 Å². The van der Waals surface area contributed by atoms with Crippen LogP contribution in [0.2, 0.25) is 5.02 Å². The number of phenolic OH excluding ortho intramolecular Hbond substituents is 1. The molecule has 1 N–H and O–H groups in total. The molecule has 1 aliphatic carbocycles. The highest BCUT2D eigenvalue weighted by atomic mass is 35.5. The average Bonchev–Trinajstić information content (AvgIpc) is 3.51. The summed E-state index contributed by atoms with van der Waals surface area (Å²) in [6.07, 6.45) is 1.74. The molecule has 3 aliphatic rings. The van der Waals surface area contributed by atoms with Gasteiger partial charge < -0.3 is 19.1 Å². The van der Waals surface area contributed by atoms with Gasteiger partial charge in [0.05, 0.1) is 59.9 Å². The molecule has 2 fully saturated rings. The number of methoxy groups -OCH3 is 2. The number of phenols is 1. The first kappa shape index (κ1) is 35.1. The second-order valence-corrected chi connectivity index (χ2v) is 14.3. The van der Waals surface area contributed by atoms with Crippen molar-refractivity contribution in [2.24, 2.45) is 18.4 Å². The highest BCUT2D eigenvalue weighted by molar-refractivity contribution is 6.31. The van der Waals surface area contributed by atoms with Crippen molar-refractivity contribution in [2.45, 2.75) is 44.8 Å². The van der Waals surface area contributed by atoms with Crippen molar-refractivity contribution in [2.75, 3.05) is 19.1 Å². The van der Waals surface area contributed by atoms with Gasteiger partial charge in [0.25, 0.3) is 5.56 Å². The number of halogens is 2. The molecule has 0 radical (unpaired) electrons. The monoisotopic (exact) mass is 756 g/mol. The molecule has 0 spiro atoms. The Morgan fingerprint density at radius 1 is 1.00 bits per heavy atom. The average molecular weight is 757 g/mol. The minimum atomic E-state index is -1.39. The van der Waals surface area contributed by atoms with E-state index in [1.165, 1.54) is 52.4 Å². The molecule has 8 rings (SSSR count). The highest BCUT2D eigenvalue weighted by Gasteiger charge is 2.65. The van der Waals surface area contributed by atoms with Gasteiger partial charge >= 0.3 is 11.4 Å². The van der Waals surface area contributed by atoms with E-state index in [0.29, 0.717) is 33.7 Å². The molecule has 0 bridgehead atoms. The van der Waals surface area contributed by atoms with E-state index < -0.39 is 57.9 Å². The molecule has 4 atom stereocenters. The Labute approximate surface area is 310 Å². The molecule has 1 saturated heterocycles. The van der Waals surface area contributed by atoms with E-state index in [0.717, 1.165) is 15.5 Å². The van der Waals surface area contributed by atoms with E-state index in [9.17, 15) is 33.5 Å². The van der Waals surface area contributed by atoms with Crippen LogP contribution in [0.1, 0.15) is 36.6 Å². The molecule has 2 amide bonds. The number of rotatable bonds is 7. The number of hydrogen-bond donors (Lipinski definition) is 1. The Balaban J connectivity index is 1.20. The maximum atomic E-state index is 14.5. The number of imide groups is 1. The molecule has 278 valence electrons. The molecular formula is C38H34ClFN6O8. The van der Waals surface area contributed by atoms with Gasteiger partial charge in [-0.05, 0) is 54.8 Å². The SMILES string of the molecule is COc1cc2nc(CCn3c(=O)n4n(c3=O)[C@@H]3C[C@H]5C(=O)N(c6ccc(F)c(Cl)c6)C(=O)[C@@]5(C)[C@@H](c5cccc(O)c5)C3=CC4)c(=O)n(C)c2cc1OC. The van der Waals surface area contributed by atoms with E-state index in [4.69, 9.17) is 21.1 Å². The number of nitrogens with zero attached hydrogens (tertiary/aromatic N) is 6. The number of aromatic hydroxyl groups is 1. The number of benzene rings is 3. The van der Waals surface area contributed by atoms with Gasteiger partial charge in [-0.15, -0.1) is 0 Å². The number of hydrogen-bond acceptors (Lipinski definition) is 9. The summed E-state index contributed by atoms with van der Waals surface area (Å²) in [7, 11) is 4.56. The first-order valence-corrected chi connectivity index (χ1v) is 17.5. The normalized spacial score (nSPS) is 21.9. The van der Waals surface area contributed by atoms with Crippen molar-refractivity contribution in [1.82, 2.24) is 23.5 Å². The minimum Gasteiger partial charge on any atom is -0.508 e. The molecule has 5 aromatic rings. The fourth-order valence-corrected chi connectivity index (χ4v) is 8.74. The number of amides is 2. The van der Waals surface area contributed by atoms with Crippen LogP contribution >= 0.6 is 11.6 Å². The molecule has 14 nitrogen and oxygen atoms in total. The highest BCUT2D eigenvalue weighted by Crippen LogP contribution is 2.61. The summed E-state index contributed by atoms with van der Waals surface area (Å²) in [4.78, 5) is 76.0. The first-order valence-electron chi connectivity index (χ1n) is 17.2. The minimum absolute atomic E-state index is 0.00488. The number of aryl methyl sites for hydroxylation is 2. The predicted molar refractivity (Wildman–Crippen MR) is 195 cm³/mol. The van der Waals surface area contributed by atoms with Crippen molar-refractivity contribution in [3.05, 3.63) is 120 Å². The van der Waals surface area contributed by atoms with E-state index >= 15 is 0 Å². The third-order valence-corrected chi connectivity index (χ3v) is 11.5. The largest absolute Gasteiger partial charge is 0.508 e. The molecule has 2 aliphatic heterocycles. The molecular weight excluding hydrogens is 723 g/mol. The summed E-state index contributed by atoms with van der Waals surface area (Å²) in [5.74, 6) is -2.82. The lowest BCUT2D eigenvalue weighted by Crippen LogP contribution is -2.49. The number of fused-ring (bicyclic) bond motifs is 5. The smallest absolute Gasteiger partial charge is 0.347 e. The first-order chi connectivity index (χ1) is 25.8. The van der Waals surface area contributed by atoms with Crippen molar-refractivity contribution in [1.29, 1.82) is 0 Å². The maximum absolute atomic E-state index is 14.5. The summed E-state index contributed by atoms with van der Waals surface area (Å²) in [6.45, 7) is 1.51. The number of carbonyl (C=O) groups is 2. The molecule has 16 heteroatoms. The fourth-order valence-electron chi connectivity index (χ4n) is 8.56. The lowest BCUT2D eigenvalue weighted by atomic mass is 9.56. The molecule has 3 aromatic carbocycles. The van der Waals surface area contributed by atoms with E-state index in [1.54, 1.807) is 44.3 Å². The van der Waals surface area contributed by atoms with Crippen molar-refractivity contribution < 1.29 is 28.6 Å². The summed E-state index contributed by atoms with van der Waals surface area (Å²) in [5, 5.41) is 10.3. The van der Waals surface area contributed by atoms with Crippen LogP contribution < -0.4 is 31.3 Å². The van der Waals surface area contributed by atoms with Crippen molar-refractivity contribution >= 4 is 40.1 Å². The van der Waals surface area contributed by atoms with Crippen LogP contribution in [0.3, 0.4) is 0 Å². The third-order valence-electron chi connectivity index (χ3n) is 11.2. The summed E-state index contributed by atoms with van der Waals surface area (Å²) in [5.41, 5.74) is -0.713. The van der Waals surface area contributed by atoms with Crippen LogP contribution in [0.4, 0.5) is 10.1 Å². The van der Waals surface area contributed by atoms with E-state index in [1.807, 2.05) is 0 Å². The molecule has 2 aromatic heterocycles. The molecule has 1 saturated carbocycles. The third kappa shape index (κ3) is 4.97. The molecule has 0 unspecified atom stereocenters. The van der Waals surface area contributed by atoms with Crippen molar-refractivity contribution in [3.63, 3.8) is 0 Å². The van der Waals surface area contributed by atoms with Crippen molar-refractivity contribution in [3.8, 4) is 17.2 Å².